The first kappa shape index (κ1) is 25.0. The first-order valence-corrected chi connectivity index (χ1v) is 12.2. The Hall–Kier alpha value is -2.65. The van der Waals surface area contributed by atoms with Gasteiger partial charge in [0.15, 0.2) is 5.11 Å². The van der Waals surface area contributed by atoms with Crippen LogP contribution in [0.15, 0.2) is 46.9 Å². The zero-order valence-corrected chi connectivity index (χ0v) is 21.5. The molecular formula is C24H29BrN4O3S. The Labute approximate surface area is 208 Å². The van der Waals surface area contributed by atoms with Crippen molar-refractivity contribution in [3.05, 3.63) is 52.5 Å². The van der Waals surface area contributed by atoms with Gasteiger partial charge in [0.05, 0.1) is 22.5 Å². The molecular weight excluding hydrogens is 504 g/mol. The molecule has 0 unspecified atom stereocenters. The Balaban J connectivity index is 1.63. The molecule has 0 atom stereocenters. The lowest BCUT2D eigenvalue weighted by Gasteiger charge is -2.37. The van der Waals surface area contributed by atoms with E-state index >= 15 is 0 Å². The number of anilines is 2. The molecule has 1 saturated heterocycles. The van der Waals surface area contributed by atoms with Crippen LogP contribution >= 0.6 is 28.1 Å². The van der Waals surface area contributed by atoms with Crippen molar-refractivity contribution < 1.29 is 14.3 Å². The Morgan fingerprint density at radius 1 is 1.12 bits per heavy atom. The lowest BCUT2D eigenvalue weighted by Crippen LogP contribution is -2.50. The summed E-state index contributed by atoms with van der Waals surface area (Å²) in [5.74, 6) is 0.557. The van der Waals surface area contributed by atoms with E-state index in [0.29, 0.717) is 35.5 Å². The molecule has 33 heavy (non-hydrogen) atoms. The maximum Gasteiger partial charge on any atom is 0.257 e. The summed E-state index contributed by atoms with van der Waals surface area (Å²) in [5, 5.41) is 6.10. The van der Waals surface area contributed by atoms with E-state index in [2.05, 4.69) is 31.5 Å². The standard InChI is InChI=1S/C24H29BrN4O3S/c1-4-32-21-10-9-17(15-18(21)25)22(30)27-24(33)26-19-7-5-6-8-20(19)28-11-13-29(14-12-28)23(31)16(2)3/h5-10,15-16H,4,11-14H2,1-3H3,(H2,26,27,30,33). The summed E-state index contributed by atoms with van der Waals surface area (Å²) in [4.78, 5) is 29.1. The SMILES string of the molecule is CCOc1ccc(C(=O)NC(=S)Nc2ccccc2N2CCN(C(=O)C(C)C)CC2)cc1Br. The average Bonchev–Trinajstić information content (AvgIpc) is 2.80. The number of halogens is 1. The second-order valence-corrected chi connectivity index (χ2v) is 9.23. The third-order valence-corrected chi connectivity index (χ3v) is 6.12. The molecule has 3 rings (SSSR count). The molecule has 2 aromatic carbocycles. The van der Waals surface area contributed by atoms with Crippen molar-refractivity contribution in [2.75, 3.05) is 43.0 Å². The number of carbonyl (C=O) groups excluding carboxylic acids is 2. The molecule has 1 aliphatic rings. The van der Waals surface area contributed by atoms with Gasteiger partial charge in [-0.3, -0.25) is 14.9 Å². The van der Waals surface area contributed by atoms with Gasteiger partial charge in [-0.25, -0.2) is 0 Å². The van der Waals surface area contributed by atoms with Gasteiger partial charge in [-0.05, 0) is 65.4 Å². The minimum Gasteiger partial charge on any atom is -0.493 e. The highest BCUT2D eigenvalue weighted by atomic mass is 79.9. The van der Waals surface area contributed by atoms with Crippen LogP contribution in [0.5, 0.6) is 5.75 Å². The summed E-state index contributed by atoms with van der Waals surface area (Å²) in [6.45, 7) is 9.12. The van der Waals surface area contributed by atoms with Crippen molar-refractivity contribution in [2.24, 2.45) is 5.92 Å². The van der Waals surface area contributed by atoms with Crippen molar-refractivity contribution in [2.45, 2.75) is 20.8 Å². The van der Waals surface area contributed by atoms with Crippen LogP contribution in [0.25, 0.3) is 0 Å². The Bertz CT molecular complexity index is 1020. The van der Waals surface area contributed by atoms with Crippen LogP contribution < -0.4 is 20.3 Å². The average molecular weight is 533 g/mol. The second-order valence-electron chi connectivity index (χ2n) is 7.97. The van der Waals surface area contributed by atoms with Crippen molar-refractivity contribution in [3.8, 4) is 5.75 Å². The summed E-state index contributed by atoms with van der Waals surface area (Å²) in [6.07, 6.45) is 0. The monoisotopic (exact) mass is 532 g/mol. The van der Waals surface area contributed by atoms with E-state index in [0.717, 1.165) is 24.5 Å². The first-order valence-electron chi connectivity index (χ1n) is 11.0. The number of piperazine rings is 1. The van der Waals surface area contributed by atoms with Gasteiger partial charge in [0.1, 0.15) is 5.75 Å². The molecule has 0 saturated carbocycles. The van der Waals surface area contributed by atoms with Crippen LogP contribution in [0.4, 0.5) is 11.4 Å². The number of para-hydroxylation sites is 2. The highest BCUT2D eigenvalue weighted by Gasteiger charge is 2.24. The van der Waals surface area contributed by atoms with Gasteiger partial charge in [-0.2, -0.15) is 0 Å². The van der Waals surface area contributed by atoms with Gasteiger partial charge in [0.2, 0.25) is 5.91 Å². The first-order chi connectivity index (χ1) is 15.8. The minimum absolute atomic E-state index is 0.00230. The summed E-state index contributed by atoms with van der Waals surface area (Å²) in [5.41, 5.74) is 2.25. The summed E-state index contributed by atoms with van der Waals surface area (Å²) < 4.78 is 6.20. The van der Waals surface area contributed by atoms with Gasteiger partial charge in [0.25, 0.3) is 5.91 Å². The van der Waals surface area contributed by atoms with Gasteiger partial charge >= 0.3 is 0 Å². The van der Waals surface area contributed by atoms with Gasteiger partial charge in [-0.15, -0.1) is 0 Å². The number of thiocarbonyl (C=S) groups is 1. The molecule has 1 heterocycles. The van der Waals surface area contributed by atoms with Gasteiger partial charge in [-0.1, -0.05) is 26.0 Å². The molecule has 1 aliphatic heterocycles. The van der Waals surface area contributed by atoms with E-state index in [-0.39, 0.29) is 22.8 Å². The second kappa shape index (κ2) is 11.5. The number of hydrogen-bond acceptors (Lipinski definition) is 5. The maximum atomic E-state index is 12.7. The zero-order chi connectivity index (χ0) is 24.0. The molecule has 2 N–H and O–H groups in total. The van der Waals surface area contributed by atoms with E-state index in [1.165, 1.54) is 0 Å². The minimum atomic E-state index is -0.311. The molecule has 2 aromatic rings. The fourth-order valence-corrected chi connectivity index (χ4v) is 4.33. The number of nitrogens with zero attached hydrogens (tertiary/aromatic N) is 2. The Morgan fingerprint density at radius 2 is 1.82 bits per heavy atom. The third-order valence-electron chi connectivity index (χ3n) is 5.30. The molecule has 9 heteroatoms. The predicted molar refractivity (Wildman–Crippen MR) is 139 cm³/mol. The fourth-order valence-electron chi connectivity index (χ4n) is 3.63. The number of carbonyl (C=O) groups is 2. The third kappa shape index (κ3) is 6.45. The highest BCUT2D eigenvalue weighted by Crippen LogP contribution is 2.28. The molecule has 0 aromatic heterocycles. The lowest BCUT2D eigenvalue weighted by molar-refractivity contribution is -0.134. The smallest absolute Gasteiger partial charge is 0.257 e. The lowest BCUT2D eigenvalue weighted by atomic mass is 10.1. The van der Waals surface area contributed by atoms with Crippen LogP contribution in [-0.2, 0) is 4.79 Å². The molecule has 0 spiro atoms. The molecule has 7 nitrogen and oxygen atoms in total. The molecule has 0 radical (unpaired) electrons. The molecule has 0 aliphatic carbocycles. The molecule has 1 fully saturated rings. The molecule has 176 valence electrons. The number of rotatable bonds is 6. The van der Waals surface area contributed by atoms with Gasteiger partial charge in [0, 0.05) is 37.7 Å². The van der Waals surface area contributed by atoms with E-state index in [1.54, 1.807) is 18.2 Å². The van der Waals surface area contributed by atoms with E-state index in [4.69, 9.17) is 17.0 Å². The maximum absolute atomic E-state index is 12.7. The van der Waals surface area contributed by atoms with Crippen LogP contribution in [0.1, 0.15) is 31.1 Å². The van der Waals surface area contributed by atoms with Crippen LogP contribution in [0, 0.1) is 5.92 Å². The number of hydrogen-bond donors (Lipinski definition) is 2. The topological polar surface area (TPSA) is 73.9 Å². The van der Waals surface area contributed by atoms with Crippen LogP contribution in [0.3, 0.4) is 0 Å². The van der Waals surface area contributed by atoms with E-state index in [9.17, 15) is 9.59 Å². The fraction of sp³-hybridized carbons (Fsp3) is 0.375. The Kier molecular flexibility index (Phi) is 8.68. The van der Waals surface area contributed by atoms with Crippen LogP contribution in [0.2, 0.25) is 0 Å². The Morgan fingerprint density at radius 3 is 2.45 bits per heavy atom. The largest absolute Gasteiger partial charge is 0.493 e. The normalized spacial score (nSPS) is 13.6. The predicted octanol–water partition coefficient (Wildman–Crippen LogP) is 4.28. The summed E-state index contributed by atoms with van der Waals surface area (Å²) in [6, 6.07) is 13.0. The van der Waals surface area contributed by atoms with Crippen molar-refractivity contribution >= 4 is 56.4 Å². The quantitative estimate of drug-likeness (QED) is 0.541. The summed E-state index contributed by atoms with van der Waals surface area (Å²) >= 11 is 8.83. The van der Waals surface area contributed by atoms with Crippen molar-refractivity contribution in [1.29, 1.82) is 0 Å². The molecule has 0 bridgehead atoms. The zero-order valence-electron chi connectivity index (χ0n) is 19.1. The molecule has 2 amide bonds. The van der Waals surface area contributed by atoms with Crippen molar-refractivity contribution in [1.82, 2.24) is 10.2 Å². The number of nitrogens with one attached hydrogen (secondary N) is 2. The van der Waals surface area contributed by atoms with Crippen molar-refractivity contribution in [3.63, 3.8) is 0 Å². The summed E-state index contributed by atoms with van der Waals surface area (Å²) in [7, 11) is 0. The van der Waals surface area contributed by atoms with E-state index < -0.39 is 0 Å². The van der Waals surface area contributed by atoms with Gasteiger partial charge < -0.3 is 19.9 Å². The number of ether oxygens (including phenoxy) is 1. The number of benzene rings is 2. The number of amides is 2. The highest BCUT2D eigenvalue weighted by molar-refractivity contribution is 9.10. The van der Waals surface area contributed by atoms with E-state index in [1.807, 2.05) is 49.9 Å². The van der Waals surface area contributed by atoms with Crippen LogP contribution in [-0.4, -0.2) is 54.6 Å².